The molecule has 4 nitrogen and oxygen atoms in total. The highest BCUT2D eigenvalue weighted by Gasteiger charge is 2.20. The molecular weight excluding hydrogens is 238 g/mol. The maximum absolute atomic E-state index is 5.36. The highest BCUT2D eigenvalue weighted by molar-refractivity contribution is 4.98. The number of nitrogens with zero attached hydrogens (tertiary/aromatic N) is 2. The van der Waals surface area contributed by atoms with E-state index in [0.29, 0.717) is 5.92 Å². The summed E-state index contributed by atoms with van der Waals surface area (Å²) < 4.78 is 5.36. The van der Waals surface area contributed by atoms with Gasteiger partial charge in [0.2, 0.25) is 5.89 Å². The van der Waals surface area contributed by atoms with Gasteiger partial charge in [-0.15, -0.1) is 0 Å². The average molecular weight is 265 g/mol. The topological polar surface area (TPSA) is 51.0 Å². The second-order valence-electron chi connectivity index (χ2n) is 5.61. The molecule has 1 aliphatic heterocycles. The Morgan fingerprint density at radius 1 is 1.21 bits per heavy atom. The molecule has 1 unspecified atom stereocenters. The van der Waals surface area contributed by atoms with Crippen LogP contribution in [0.4, 0.5) is 0 Å². The summed E-state index contributed by atoms with van der Waals surface area (Å²) in [4.78, 5) is 4.55. The molecule has 1 N–H and O–H groups in total. The second kappa shape index (κ2) is 8.31. The zero-order chi connectivity index (χ0) is 13.3. The highest BCUT2D eigenvalue weighted by atomic mass is 16.5. The molecule has 1 atom stereocenters. The number of nitrogens with one attached hydrogen (secondary N) is 1. The number of aryl methyl sites for hydroxylation is 1. The lowest BCUT2D eigenvalue weighted by Crippen LogP contribution is -2.28. The summed E-state index contributed by atoms with van der Waals surface area (Å²) in [5, 5.41) is 7.53. The standard InChI is InChI=1S/C15H27N3O/c1-2-3-4-5-6-7-10-14-17-15(18-19-14)13-9-8-11-16-12-13/h13,16H,2-12H2,1H3. The Morgan fingerprint density at radius 3 is 2.84 bits per heavy atom. The van der Waals surface area contributed by atoms with Crippen LogP contribution in [0, 0.1) is 0 Å². The Kier molecular flexibility index (Phi) is 6.34. The summed E-state index contributed by atoms with van der Waals surface area (Å²) in [6.07, 6.45) is 11.2. The predicted octanol–water partition coefficient (Wildman–Crippen LogP) is 3.44. The summed E-state index contributed by atoms with van der Waals surface area (Å²) in [6.45, 7) is 4.37. The van der Waals surface area contributed by atoms with Gasteiger partial charge in [0.25, 0.3) is 0 Å². The van der Waals surface area contributed by atoms with Gasteiger partial charge in [-0.1, -0.05) is 44.2 Å². The van der Waals surface area contributed by atoms with E-state index in [0.717, 1.165) is 31.2 Å². The van der Waals surface area contributed by atoms with Crippen molar-refractivity contribution in [3.63, 3.8) is 0 Å². The fourth-order valence-electron chi connectivity index (χ4n) is 2.66. The number of aromatic nitrogens is 2. The Bertz CT molecular complexity index is 345. The largest absolute Gasteiger partial charge is 0.339 e. The van der Waals surface area contributed by atoms with Crippen molar-refractivity contribution in [2.24, 2.45) is 0 Å². The highest BCUT2D eigenvalue weighted by Crippen LogP contribution is 2.20. The van der Waals surface area contributed by atoms with Crippen LogP contribution in [0.25, 0.3) is 0 Å². The lowest BCUT2D eigenvalue weighted by atomic mass is 9.99. The molecule has 2 heterocycles. The van der Waals surface area contributed by atoms with Crippen molar-refractivity contribution in [2.45, 2.75) is 70.6 Å². The molecule has 2 rings (SSSR count). The number of piperidine rings is 1. The first-order valence-electron chi connectivity index (χ1n) is 7.93. The summed E-state index contributed by atoms with van der Waals surface area (Å²) in [6, 6.07) is 0. The molecule has 0 saturated carbocycles. The smallest absolute Gasteiger partial charge is 0.226 e. The minimum atomic E-state index is 0.454. The number of rotatable bonds is 8. The molecule has 0 aromatic carbocycles. The molecule has 1 fully saturated rings. The Morgan fingerprint density at radius 2 is 2.05 bits per heavy atom. The maximum Gasteiger partial charge on any atom is 0.226 e. The summed E-state index contributed by atoms with van der Waals surface area (Å²) in [5.74, 6) is 2.19. The predicted molar refractivity (Wildman–Crippen MR) is 76.2 cm³/mol. The van der Waals surface area contributed by atoms with Crippen molar-refractivity contribution in [2.75, 3.05) is 13.1 Å². The van der Waals surface area contributed by atoms with Gasteiger partial charge in [0, 0.05) is 18.9 Å². The van der Waals surface area contributed by atoms with E-state index in [9.17, 15) is 0 Å². The lowest BCUT2D eigenvalue weighted by molar-refractivity contribution is 0.357. The molecule has 0 amide bonds. The molecule has 0 aliphatic carbocycles. The van der Waals surface area contributed by atoms with Crippen LogP contribution in [0.1, 0.15) is 75.9 Å². The van der Waals surface area contributed by atoms with Crippen LogP contribution >= 0.6 is 0 Å². The molecule has 108 valence electrons. The van der Waals surface area contributed by atoms with Crippen LogP contribution in [-0.4, -0.2) is 23.2 Å². The van der Waals surface area contributed by atoms with E-state index < -0.39 is 0 Å². The summed E-state index contributed by atoms with van der Waals surface area (Å²) in [7, 11) is 0. The molecule has 1 saturated heterocycles. The van der Waals surface area contributed by atoms with Crippen molar-refractivity contribution >= 4 is 0 Å². The van der Waals surface area contributed by atoms with Gasteiger partial charge in [-0.3, -0.25) is 0 Å². The minimum absolute atomic E-state index is 0.454. The molecular formula is C15H27N3O. The van der Waals surface area contributed by atoms with Crippen LogP contribution in [0.5, 0.6) is 0 Å². The molecule has 0 radical (unpaired) electrons. The number of hydrogen-bond donors (Lipinski definition) is 1. The van der Waals surface area contributed by atoms with Gasteiger partial charge in [-0.25, -0.2) is 0 Å². The summed E-state index contributed by atoms with van der Waals surface area (Å²) in [5.41, 5.74) is 0. The van der Waals surface area contributed by atoms with Gasteiger partial charge < -0.3 is 9.84 Å². The van der Waals surface area contributed by atoms with E-state index in [2.05, 4.69) is 22.4 Å². The van der Waals surface area contributed by atoms with E-state index in [1.807, 2.05) is 0 Å². The van der Waals surface area contributed by atoms with Crippen LogP contribution < -0.4 is 5.32 Å². The van der Waals surface area contributed by atoms with Crippen molar-refractivity contribution in [1.29, 1.82) is 0 Å². The lowest BCUT2D eigenvalue weighted by Gasteiger charge is -2.19. The second-order valence-corrected chi connectivity index (χ2v) is 5.61. The third-order valence-corrected chi connectivity index (χ3v) is 3.89. The Balaban J connectivity index is 1.66. The molecule has 0 spiro atoms. The minimum Gasteiger partial charge on any atom is -0.339 e. The zero-order valence-corrected chi connectivity index (χ0v) is 12.2. The Hall–Kier alpha value is -0.900. The zero-order valence-electron chi connectivity index (χ0n) is 12.2. The van der Waals surface area contributed by atoms with Crippen molar-refractivity contribution < 1.29 is 4.52 Å². The van der Waals surface area contributed by atoms with E-state index in [1.54, 1.807) is 0 Å². The van der Waals surface area contributed by atoms with Gasteiger partial charge in [-0.05, 0) is 25.8 Å². The van der Waals surface area contributed by atoms with Crippen LogP contribution in [0.15, 0.2) is 4.52 Å². The molecule has 1 aromatic rings. The van der Waals surface area contributed by atoms with Crippen molar-refractivity contribution in [3.05, 3.63) is 11.7 Å². The third-order valence-electron chi connectivity index (χ3n) is 3.89. The maximum atomic E-state index is 5.36. The number of hydrogen-bond acceptors (Lipinski definition) is 4. The third kappa shape index (κ3) is 4.94. The quantitative estimate of drug-likeness (QED) is 0.732. The first-order chi connectivity index (χ1) is 9.40. The van der Waals surface area contributed by atoms with Crippen molar-refractivity contribution in [1.82, 2.24) is 15.5 Å². The van der Waals surface area contributed by atoms with E-state index in [-0.39, 0.29) is 0 Å². The normalized spacial score (nSPS) is 19.7. The monoisotopic (exact) mass is 265 g/mol. The fraction of sp³-hybridized carbons (Fsp3) is 0.867. The van der Waals surface area contributed by atoms with Crippen LogP contribution in [-0.2, 0) is 6.42 Å². The molecule has 1 aliphatic rings. The molecule has 1 aromatic heterocycles. The van der Waals surface area contributed by atoms with Crippen LogP contribution in [0.3, 0.4) is 0 Å². The Labute approximate surface area is 116 Å². The van der Waals surface area contributed by atoms with Crippen LogP contribution in [0.2, 0.25) is 0 Å². The fourth-order valence-corrected chi connectivity index (χ4v) is 2.66. The van der Waals surface area contributed by atoms with Gasteiger partial charge in [-0.2, -0.15) is 4.98 Å². The van der Waals surface area contributed by atoms with Gasteiger partial charge in [0.15, 0.2) is 5.82 Å². The van der Waals surface area contributed by atoms with E-state index >= 15 is 0 Å². The summed E-state index contributed by atoms with van der Waals surface area (Å²) >= 11 is 0. The average Bonchev–Trinajstić information content (AvgIpc) is 2.92. The molecule has 0 bridgehead atoms. The number of unbranched alkanes of at least 4 members (excludes halogenated alkanes) is 5. The van der Waals surface area contributed by atoms with E-state index in [1.165, 1.54) is 51.4 Å². The first kappa shape index (κ1) is 14.5. The molecule has 19 heavy (non-hydrogen) atoms. The molecule has 4 heteroatoms. The van der Waals surface area contributed by atoms with Crippen molar-refractivity contribution in [3.8, 4) is 0 Å². The SMILES string of the molecule is CCCCCCCCc1nc(C2CCCNC2)no1. The first-order valence-corrected chi connectivity index (χ1v) is 7.93. The van der Waals surface area contributed by atoms with Gasteiger partial charge in [0.1, 0.15) is 0 Å². The van der Waals surface area contributed by atoms with Gasteiger partial charge in [0.05, 0.1) is 0 Å². The van der Waals surface area contributed by atoms with E-state index in [4.69, 9.17) is 4.52 Å². The van der Waals surface area contributed by atoms with Gasteiger partial charge >= 0.3 is 0 Å².